The van der Waals surface area contributed by atoms with Crippen LogP contribution < -0.4 is 5.73 Å². The molecular weight excluding hydrogens is 459 g/mol. The third kappa shape index (κ3) is 3.54. The number of carbonyl (C=O) groups is 2. The highest BCUT2D eigenvalue weighted by Gasteiger charge is 2.78. The number of thiazole rings is 1. The Hall–Kier alpha value is -1.36. The molecule has 2 aliphatic carbocycles. The van der Waals surface area contributed by atoms with Crippen molar-refractivity contribution in [3.8, 4) is 0 Å². The Morgan fingerprint density at radius 2 is 2.07 bits per heavy atom. The van der Waals surface area contributed by atoms with Gasteiger partial charge in [-0.25, -0.2) is 4.98 Å². The van der Waals surface area contributed by atoms with Crippen LogP contribution in [0.25, 0.3) is 0 Å². The molecule has 7 nitrogen and oxygen atoms in total. The fraction of sp³-hybridized carbons (Fsp3) is 0.389. The summed E-state index contributed by atoms with van der Waals surface area (Å²) in [7, 11) is 0. The Morgan fingerprint density at radius 1 is 1.31 bits per heavy atom. The van der Waals surface area contributed by atoms with Crippen molar-refractivity contribution in [1.29, 1.82) is 0 Å². The van der Waals surface area contributed by atoms with E-state index in [1.807, 2.05) is 0 Å². The standard InChI is InChI=1S/C18H16Cl2N2O5S2/c19-8-2-1-7(5-9(8)20)6-27-14-13(29-17-22-3-4-28-17)10-11(15(23)24)12(10)18(14,21)16(25)26/h1-5,10-14H,6,21H2,(H,23,24)(H,25,26)/t10-,11-,12-,13-,14+,18+/m0/s1. The summed E-state index contributed by atoms with van der Waals surface area (Å²) in [6.45, 7) is 0.0693. The van der Waals surface area contributed by atoms with E-state index in [1.165, 1.54) is 23.1 Å². The number of rotatable bonds is 7. The van der Waals surface area contributed by atoms with Gasteiger partial charge < -0.3 is 20.7 Å². The van der Waals surface area contributed by atoms with Crippen LogP contribution in [0, 0.1) is 17.8 Å². The lowest BCUT2D eigenvalue weighted by Crippen LogP contribution is -2.61. The van der Waals surface area contributed by atoms with Crippen molar-refractivity contribution in [2.75, 3.05) is 0 Å². The molecular formula is C18H16Cl2N2O5S2. The van der Waals surface area contributed by atoms with Gasteiger partial charge in [0.2, 0.25) is 0 Å². The molecule has 0 saturated heterocycles. The van der Waals surface area contributed by atoms with Crippen LogP contribution in [0.3, 0.4) is 0 Å². The summed E-state index contributed by atoms with van der Waals surface area (Å²) < 4.78 is 6.72. The summed E-state index contributed by atoms with van der Waals surface area (Å²) in [4.78, 5) is 28.0. The molecule has 11 heteroatoms. The van der Waals surface area contributed by atoms with Crippen LogP contribution in [0.2, 0.25) is 10.0 Å². The summed E-state index contributed by atoms with van der Waals surface area (Å²) in [5.74, 6) is -4.21. The number of nitrogens with two attached hydrogens (primary N) is 1. The molecule has 0 unspecified atom stereocenters. The maximum Gasteiger partial charge on any atom is 0.326 e. The maximum atomic E-state index is 12.1. The van der Waals surface area contributed by atoms with Gasteiger partial charge in [0.05, 0.1) is 28.7 Å². The van der Waals surface area contributed by atoms with Crippen LogP contribution in [0.4, 0.5) is 0 Å². The minimum atomic E-state index is -1.81. The Balaban J connectivity index is 1.63. The molecule has 1 heterocycles. The molecule has 154 valence electrons. The van der Waals surface area contributed by atoms with Crippen molar-refractivity contribution in [2.45, 2.75) is 27.8 Å². The first-order valence-electron chi connectivity index (χ1n) is 8.62. The predicted octanol–water partition coefficient (Wildman–Crippen LogP) is 3.24. The van der Waals surface area contributed by atoms with Crippen molar-refractivity contribution >= 4 is 58.2 Å². The van der Waals surface area contributed by atoms with Crippen molar-refractivity contribution in [3.63, 3.8) is 0 Å². The van der Waals surface area contributed by atoms with Gasteiger partial charge in [0.1, 0.15) is 9.88 Å². The van der Waals surface area contributed by atoms with Gasteiger partial charge >= 0.3 is 11.9 Å². The van der Waals surface area contributed by atoms with Gasteiger partial charge in [-0.05, 0) is 23.6 Å². The molecule has 0 radical (unpaired) electrons. The second-order valence-electron chi connectivity index (χ2n) is 7.07. The van der Waals surface area contributed by atoms with Gasteiger partial charge in [0, 0.05) is 22.7 Å². The van der Waals surface area contributed by atoms with Gasteiger partial charge in [-0.15, -0.1) is 11.3 Å². The molecule has 1 aromatic carbocycles. The number of carboxylic acid groups (broad SMARTS) is 2. The van der Waals surface area contributed by atoms with Crippen LogP contribution in [0.15, 0.2) is 34.1 Å². The van der Waals surface area contributed by atoms with E-state index in [0.717, 1.165) is 0 Å². The van der Waals surface area contributed by atoms with Crippen LogP contribution in [-0.2, 0) is 20.9 Å². The zero-order valence-electron chi connectivity index (χ0n) is 14.7. The molecule has 2 aromatic rings. The number of thioether (sulfide) groups is 1. The summed E-state index contributed by atoms with van der Waals surface area (Å²) in [6.07, 6.45) is 0.744. The maximum absolute atomic E-state index is 12.1. The van der Waals surface area contributed by atoms with E-state index in [9.17, 15) is 19.8 Å². The third-order valence-electron chi connectivity index (χ3n) is 5.49. The van der Waals surface area contributed by atoms with E-state index in [0.29, 0.717) is 19.9 Å². The van der Waals surface area contributed by atoms with Gasteiger partial charge in [0.25, 0.3) is 0 Å². The molecule has 0 spiro atoms. The van der Waals surface area contributed by atoms with Crippen LogP contribution in [0.1, 0.15) is 5.56 Å². The van der Waals surface area contributed by atoms with Gasteiger partial charge in [-0.1, -0.05) is 41.0 Å². The summed E-state index contributed by atoms with van der Waals surface area (Å²) >= 11 is 14.7. The van der Waals surface area contributed by atoms with Crippen molar-refractivity contribution in [1.82, 2.24) is 4.98 Å². The van der Waals surface area contributed by atoms with Gasteiger partial charge in [0.15, 0.2) is 0 Å². The monoisotopic (exact) mass is 474 g/mol. The number of nitrogens with zero attached hydrogens (tertiary/aromatic N) is 1. The SMILES string of the molecule is N[C@]1(C(=O)O)[C@@H]2[C@@H](C(=O)O)[C@@H]2[C@H](Sc2nccs2)[C@H]1OCc1ccc(Cl)c(Cl)c1. The van der Waals surface area contributed by atoms with Crippen LogP contribution >= 0.6 is 46.3 Å². The van der Waals surface area contributed by atoms with Gasteiger partial charge in [-0.2, -0.15) is 0 Å². The number of ether oxygens (including phenoxy) is 1. The lowest BCUT2D eigenvalue weighted by molar-refractivity contribution is -0.152. The molecule has 0 aliphatic heterocycles. The second kappa shape index (κ2) is 7.72. The van der Waals surface area contributed by atoms with E-state index < -0.39 is 46.6 Å². The first-order chi connectivity index (χ1) is 13.7. The molecule has 0 amide bonds. The van der Waals surface area contributed by atoms with E-state index in [-0.39, 0.29) is 6.61 Å². The lowest BCUT2D eigenvalue weighted by Gasteiger charge is -2.34. The Labute approximate surface area is 184 Å². The smallest absolute Gasteiger partial charge is 0.326 e. The average molecular weight is 475 g/mol. The van der Waals surface area contributed by atoms with Crippen LogP contribution in [0.5, 0.6) is 0 Å². The highest BCUT2D eigenvalue weighted by molar-refractivity contribution is 8.01. The number of aromatic nitrogens is 1. The number of fused-ring (bicyclic) bond motifs is 1. The topological polar surface area (TPSA) is 123 Å². The fourth-order valence-corrected chi connectivity index (χ4v) is 6.86. The molecule has 6 atom stereocenters. The fourth-order valence-electron chi connectivity index (χ4n) is 4.18. The summed E-state index contributed by atoms with van der Waals surface area (Å²) in [6, 6.07) is 5.00. The van der Waals surface area contributed by atoms with Gasteiger partial charge in [-0.3, -0.25) is 9.59 Å². The molecule has 29 heavy (non-hydrogen) atoms. The van der Waals surface area contributed by atoms with E-state index in [2.05, 4.69) is 4.98 Å². The normalized spacial score (nSPS) is 32.7. The largest absolute Gasteiger partial charge is 0.481 e. The highest BCUT2D eigenvalue weighted by Crippen LogP contribution is 2.66. The molecule has 0 bridgehead atoms. The first-order valence-corrected chi connectivity index (χ1v) is 11.1. The quantitative estimate of drug-likeness (QED) is 0.558. The van der Waals surface area contributed by atoms with Crippen LogP contribution in [-0.4, -0.2) is 44.0 Å². The highest BCUT2D eigenvalue weighted by atomic mass is 35.5. The molecule has 2 aliphatic rings. The second-order valence-corrected chi connectivity index (χ2v) is 10.2. The third-order valence-corrected chi connectivity index (χ3v) is 8.51. The van der Waals surface area contributed by atoms with E-state index in [4.69, 9.17) is 33.7 Å². The number of benzene rings is 1. The summed E-state index contributed by atoms with van der Waals surface area (Å²) in [5, 5.41) is 21.5. The van der Waals surface area contributed by atoms with Crippen molar-refractivity contribution < 1.29 is 24.5 Å². The van der Waals surface area contributed by atoms with Crippen molar-refractivity contribution in [2.24, 2.45) is 23.5 Å². The Morgan fingerprint density at radius 3 is 2.66 bits per heavy atom. The lowest BCUT2D eigenvalue weighted by atomic mass is 9.88. The Kier molecular flexibility index (Phi) is 5.56. The van der Waals surface area contributed by atoms with Crippen molar-refractivity contribution in [3.05, 3.63) is 45.4 Å². The summed E-state index contributed by atoms with van der Waals surface area (Å²) in [5.41, 5.74) is 5.23. The molecule has 4 rings (SSSR count). The molecule has 2 fully saturated rings. The Bertz CT molecular complexity index is 960. The number of hydrogen-bond acceptors (Lipinski definition) is 7. The van der Waals surface area contributed by atoms with E-state index in [1.54, 1.807) is 29.8 Å². The minimum absolute atomic E-state index is 0.0693. The minimum Gasteiger partial charge on any atom is -0.481 e. The molecule has 4 N–H and O–H groups in total. The molecule has 2 saturated carbocycles. The number of aliphatic carboxylic acids is 2. The van der Waals surface area contributed by atoms with E-state index >= 15 is 0 Å². The predicted molar refractivity (Wildman–Crippen MR) is 109 cm³/mol. The zero-order chi connectivity index (χ0) is 20.9. The number of carboxylic acids is 2. The number of hydrogen-bond donors (Lipinski definition) is 3. The average Bonchev–Trinajstić information content (AvgIpc) is 3.12. The first kappa shape index (κ1) is 20.9. The number of halogens is 2. The molecule has 1 aromatic heterocycles. The zero-order valence-corrected chi connectivity index (χ0v) is 17.8.